The van der Waals surface area contributed by atoms with Crippen molar-refractivity contribution in [3.63, 3.8) is 0 Å². The maximum atomic E-state index is 12.6. The minimum absolute atomic E-state index is 0.0954. The van der Waals surface area contributed by atoms with E-state index in [1.807, 2.05) is 0 Å². The van der Waals surface area contributed by atoms with E-state index in [0.29, 0.717) is 5.56 Å². The highest BCUT2D eigenvalue weighted by Crippen LogP contribution is 2.30. The molecule has 0 aromatic heterocycles. The van der Waals surface area contributed by atoms with E-state index in [-0.39, 0.29) is 42.0 Å². The summed E-state index contributed by atoms with van der Waals surface area (Å²) in [4.78, 5) is 60.3. The monoisotopic (exact) mass is 463 g/mol. The van der Waals surface area contributed by atoms with Crippen LogP contribution in [0.2, 0.25) is 0 Å². The number of amides is 2. The average molecular weight is 463 g/mol. The zero-order valence-corrected chi connectivity index (χ0v) is 17.8. The first-order valence-electron chi connectivity index (χ1n) is 10.00. The number of nitro benzene ring substituents is 1. The standard InChI is InChI=1S/C23H17N3O8/c1-2-33-23(30)15(13-24)11-14-5-3-6-16(12-14)34-19(27)9-10-25-21(28)17-7-4-8-18(26(31)32)20(17)22(25)29/h3-8,11-12H,2,9-10H2,1H3/b15-11+. The van der Waals surface area contributed by atoms with E-state index in [1.165, 1.54) is 36.4 Å². The quantitative estimate of drug-likeness (QED) is 0.109. The zero-order chi connectivity index (χ0) is 24.8. The smallest absolute Gasteiger partial charge is 0.348 e. The predicted octanol–water partition coefficient (Wildman–Crippen LogP) is 2.66. The Morgan fingerprint density at radius 1 is 1.18 bits per heavy atom. The van der Waals surface area contributed by atoms with Crippen LogP contribution in [0.4, 0.5) is 5.69 Å². The van der Waals surface area contributed by atoms with Crippen LogP contribution in [0.1, 0.15) is 39.6 Å². The van der Waals surface area contributed by atoms with Crippen molar-refractivity contribution in [1.82, 2.24) is 4.90 Å². The Morgan fingerprint density at radius 2 is 1.91 bits per heavy atom. The highest BCUT2D eigenvalue weighted by molar-refractivity contribution is 6.23. The molecule has 0 saturated heterocycles. The first-order chi connectivity index (χ1) is 16.3. The number of hydrogen-bond acceptors (Lipinski definition) is 9. The van der Waals surface area contributed by atoms with E-state index in [4.69, 9.17) is 14.7 Å². The fourth-order valence-corrected chi connectivity index (χ4v) is 3.24. The van der Waals surface area contributed by atoms with Gasteiger partial charge in [0.05, 0.1) is 23.5 Å². The summed E-state index contributed by atoms with van der Waals surface area (Å²) in [6.45, 7) is 1.38. The van der Waals surface area contributed by atoms with Crippen molar-refractivity contribution in [3.8, 4) is 11.8 Å². The lowest BCUT2D eigenvalue weighted by Crippen LogP contribution is -2.32. The number of imide groups is 1. The van der Waals surface area contributed by atoms with Crippen LogP contribution in [0.5, 0.6) is 5.75 Å². The number of carbonyl (C=O) groups is 4. The topological polar surface area (TPSA) is 157 Å². The van der Waals surface area contributed by atoms with Crippen molar-refractivity contribution in [1.29, 1.82) is 5.26 Å². The maximum absolute atomic E-state index is 12.6. The molecule has 2 amide bonds. The maximum Gasteiger partial charge on any atom is 0.348 e. The Morgan fingerprint density at radius 3 is 2.59 bits per heavy atom. The largest absolute Gasteiger partial charge is 0.462 e. The van der Waals surface area contributed by atoms with Crippen LogP contribution in [0.25, 0.3) is 6.08 Å². The molecular formula is C23H17N3O8. The van der Waals surface area contributed by atoms with Gasteiger partial charge in [0, 0.05) is 12.6 Å². The third-order valence-corrected chi connectivity index (χ3v) is 4.73. The van der Waals surface area contributed by atoms with Crippen LogP contribution in [0, 0.1) is 21.4 Å². The second-order valence-electron chi connectivity index (χ2n) is 6.91. The van der Waals surface area contributed by atoms with Gasteiger partial charge in [-0.2, -0.15) is 5.26 Å². The molecule has 0 fully saturated rings. The van der Waals surface area contributed by atoms with Gasteiger partial charge < -0.3 is 9.47 Å². The molecule has 11 heteroatoms. The van der Waals surface area contributed by atoms with Crippen LogP contribution in [0.3, 0.4) is 0 Å². The summed E-state index contributed by atoms with van der Waals surface area (Å²) in [5.41, 5.74) is -0.708. The van der Waals surface area contributed by atoms with E-state index in [2.05, 4.69) is 0 Å². The molecule has 0 bridgehead atoms. The molecule has 2 aromatic rings. The molecule has 0 spiro atoms. The normalized spacial score (nSPS) is 12.7. The van der Waals surface area contributed by atoms with Crippen LogP contribution in [-0.2, 0) is 14.3 Å². The SMILES string of the molecule is CCOC(=O)/C(C#N)=C/c1cccc(OC(=O)CCN2C(=O)c3cccc([N+](=O)[O-])c3C2=O)c1. The number of ether oxygens (including phenoxy) is 2. The van der Waals surface area contributed by atoms with Gasteiger partial charge in [-0.05, 0) is 36.8 Å². The molecule has 3 rings (SSSR count). The van der Waals surface area contributed by atoms with Gasteiger partial charge in [-0.3, -0.25) is 29.4 Å². The Hall–Kier alpha value is -4.85. The Balaban J connectivity index is 1.67. The number of hydrogen-bond donors (Lipinski definition) is 0. The molecule has 1 heterocycles. The lowest BCUT2D eigenvalue weighted by molar-refractivity contribution is -0.385. The van der Waals surface area contributed by atoms with Crippen LogP contribution in [-0.4, -0.2) is 46.7 Å². The van der Waals surface area contributed by atoms with Gasteiger partial charge in [0.15, 0.2) is 0 Å². The van der Waals surface area contributed by atoms with Crippen molar-refractivity contribution < 1.29 is 33.6 Å². The number of nitrogens with zero attached hydrogens (tertiary/aromatic N) is 3. The Labute approximate surface area is 192 Å². The fraction of sp³-hybridized carbons (Fsp3) is 0.174. The molecule has 2 aromatic carbocycles. The summed E-state index contributed by atoms with van der Waals surface area (Å²) in [7, 11) is 0. The number of esters is 2. The summed E-state index contributed by atoms with van der Waals surface area (Å²) in [6.07, 6.45) is 0.923. The molecule has 0 atom stereocenters. The van der Waals surface area contributed by atoms with Crippen molar-refractivity contribution in [2.45, 2.75) is 13.3 Å². The molecule has 0 unspecified atom stereocenters. The van der Waals surface area contributed by atoms with Gasteiger partial charge >= 0.3 is 11.9 Å². The van der Waals surface area contributed by atoms with Gasteiger partial charge in [0.2, 0.25) is 0 Å². The van der Waals surface area contributed by atoms with Crippen LogP contribution in [0.15, 0.2) is 48.0 Å². The van der Waals surface area contributed by atoms with E-state index in [9.17, 15) is 29.3 Å². The van der Waals surface area contributed by atoms with Crippen molar-refractivity contribution in [3.05, 3.63) is 74.8 Å². The minimum Gasteiger partial charge on any atom is -0.462 e. The van der Waals surface area contributed by atoms with Gasteiger partial charge in [-0.15, -0.1) is 0 Å². The number of rotatable bonds is 8. The molecule has 0 aliphatic carbocycles. The molecule has 34 heavy (non-hydrogen) atoms. The van der Waals surface area contributed by atoms with Crippen LogP contribution >= 0.6 is 0 Å². The van der Waals surface area contributed by atoms with E-state index in [1.54, 1.807) is 19.1 Å². The van der Waals surface area contributed by atoms with Gasteiger partial charge in [0.25, 0.3) is 17.5 Å². The average Bonchev–Trinajstić information content (AvgIpc) is 3.06. The summed E-state index contributed by atoms with van der Waals surface area (Å²) in [5, 5.41) is 20.3. The number of carbonyl (C=O) groups excluding carboxylic acids is 4. The molecule has 0 N–H and O–H groups in total. The first kappa shape index (κ1) is 23.8. The second kappa shape index (κ2) is 10.2. The number of nitriles is 1. The summed E-state index contributed by atoms with van der Waals surface area (Å²) in [5.74, 6) is -3.02. The Kier molecular flexibility index (Phi) is 7.13. The number of fused-ring (bicyclic) bond motifs is 1. The number of nitro groups is 1. The molecule has 172 valence electrons. The highest BCUT2D eigenvalue weighted by atomic mass is 16.6. The van der Waals surface area contributed by atoms with E-state index < -0.39 is 34.4 Å². The molecule has 1 aliphatic rings. The van der Waals surface area contributed by atoms with Crippen LogP contribution < -0.4 is 4.74 Å². The van der Waals surface area contributed by atoms with E-state index >= 15 is 0 Å². The summed E-state index contributed by atoms with van der Waals surface area (Å²) >= 11 is 0. The first-order valence-corrected chi connectivity index (χ1v) is 10.00. The molecular weight excluding hydrogens is 446 g/mol. The van der Waals surface area contributed by atoms with Gasteiger partial charge in [0.1, 0.15) is 23.0 Å². The molecule has 11 nitrogen and oxygen atoms in total. The lowest BCUT2D eigenvalue weighted by atomic mass is 10.1. The van der Waals surface area contributed by atoms with Gasteiger partial charge in [-0.25, -0.2) is 4.79 Å². The van der Waals surface area contributed by atoms with Crippen molar-refractivity contribution >= 4 is 35.5 Å². The predicted molar refractivity (Wildman–Crippen MR) is 115 cm³/mol. The van der Waals surface area contributed by atoms with Crippen molar-refractivity contribution in [2.75, 3.05) is 13.2 Å². The zero-order valence-electron chi connectivity index (χ0n) is 17.8. The number of benzene rings is 2. The molecule has 0 saturated carbocycles. The van der Waals surface area contributed by atoms with Gasteiger partial charge in [-0.1, -0.05) is 18.2 Å². The fourth-order valence-electron chi connectivity index (χ4n) is 3.24. The molecule has 0 radical (unpaired) electrons. The summed E-state index contributed by atoms with van der Waals surface area (Å²) in [6, 6.07) is 11.5. The lowest BCUT2D eigenvalue weighted by Gasteiger charge is -2.13. The highest BCUT2D eigenvalue weighted by Gasteiger charge is 2.40. The second-order valence-corrected chi connectivity index (χ2v) is 6.91. The molecule has 1 aliphatic heterocycles. The third kappa shape index (κ3) is 4.97. The van der Waals surface area contributed by atoms with E-state index in [0.717, 1.165) is 11.0 Å². The van der Waals surface area contributed by atoms with Crippen molar-refractivity contribution in [2.24, 2.45) is 0 Å². The minimum atomic E-state index is -0.852. The summed E-state index contributed by atoms with van der Waals surface area (Å²) < 4.78 is 10.0. The Bertz CT molecular complexity index is 1280. The third-order valence-electron chi connectivity index (χ3n) is 4.73.